The SMILES string of the molecule is CC(C)(C)c1ccc(S(=O)(=O)NC(=O)Nc2ccc3cc[nH]c3c2)cc1. The Morgan fingerprint density at radius 1 is 1.00 bits per heavy atom. The molecule has 26 heavy (non-hydrogen) atoms. The number of hydrogen-bond acceptors (Lipinski definition) is 3. The number of benzene rings is 2. The third-order valence-corrected chi connectivity index (χ3v) is 5.42. The highest BCUT2D eigenvalue weighted by Gasteiger charge is 2.19. The van der Waals surface area contributed by atoms with Gasteiger partial charge in [-0.1, -0.05) is 39.0 Å². The zero-order chi connectivity index (χ0) is 18.9. The number of carbonyl (C=O) groups is 1. The Morgan fingerprint density at radius 2 is 1.69 bits per heavy atom. The molecule has 0 bridgehead atoms. The van der Waals surface area contributed by atoms with Gasteiger partial charge in [-0.3, -0.25) is 0 Å². The molecule has 7 heteroatoms. The predicted octanol–water partition coefficient (Wildman–Crippen LogP) is 3.98. The Balaban J connectivity index is 1.72. The first kappa shape index (κ1) is 18.0. The highest BCUT2D eigenvalue weighted by molar-refractivity contribution is 7.90. The zero-order valence-electron chi connectivity index (χ0n) is 14.8. The van der Waals surface area contributed by atoms with Crippen molar-refractivity contribution < 1.29 is 13.2 Å². The Bertz CT molecular complexity index is 1050. The molecule has 136 valence electrons. The van der Waals surface area contributed by atoms with Crippen molar-refractivity contribution in [3.8, 4) is 0 Å². The van der Waals surface area contributed by atoms with Crippen molar-refractivity contribution in [3.63, 3.8) is 0 Å². The second-order valence-corrected chi connectivity index (χ2v) is 8.80. The van der Waals surface area contributed by atoms with Crippen LogP contribution in [-0.2, 0) is 15.4 Å². The van der Waals surface area contributed by atoms with Crippen molar-refractivity contribution in [2.24, 2.45) is 0 Å². The number of hydrogen-bond donors (Lipinski definition) is 3. The van der Waals surface area contributed by atoms with Gasteiger partial charge in [-0.15, -0.1) is 0 Å². The molecule has 6 nitrogen and oxygen atoms in total. The molecule has 2 aromatic carbocycles. The van der Waals surface area contributed by atoms with Crippen molar-refractivity contribution in [1.82, 2.24) is 9.71 Å². The van der Waals surface area contributed by atoms with Gasteiger partial charge >= 0.3 is 6.03 Å². The molecule has 0 fully saturated rings. The molecule has 0 unspecified atom stereocenters. The molecule has 0 spiro atoms. The highest BCUT2D eigenvalue weighted by atomic mass is 32.2. The van der Waals surface area contributed by atoms with Crippen LogP contribution in [0.25, 0.3) is 10.9 Å². The molecule has 2 amide bonds. The van der Waals surface area contributed by atoms with Gasteiger partial charge in [0.05, 0.1) is 4.90 Å². The quantitative estimate of drug-likeness (QED) is 0.650. The van der Waals surface area contributed by atoms with Crippen molar-refractivity contribution in [2.45, 2.75) is 31.1 Å². The molecule has 0 aliphatic heterocycles. The number of nitrogens with one attached hydrogen (secondary N) is 3. The second-order valence-electron chi connectivity index (χ2n) is 7.11. The second kappa shape index (κ2) is 6.49. The maximum absolute atomic E-state index is 12.4. The van der Waals surface area contributed by atoms with E-state index in [1.165, 1.54) is 12.1 Å². The van der Waals surface area contributed by atoms with Crippen LogP contribution in [0.3, 0.4) is 0 Å². The molecule has 0 saturated carbocycles. The van der Waals surface area contributed by atoms with E-state index in [4.69, 9.17) is 0 Å². The van der Waals surface area contributed by atoms with E-state index in [1.54, 1.807) is 30.5 Å². The van der Waals surface area contributed by atoms with Crippen molar-refractivity contribution in [2.75, 3.05) is 5.32 Å². The Morgan fingerprint density at radius 3 is 2.35 bits per heavy atom. The molecule has 0 aliphatic rings. The first-order chi connectivity index (χ1) is 12.1. The minimum atomic E-state index is -3.94. The van der Waals surface area contributed by atoms with E-state index in [2.05, 4.69) is 10.3 Å². The summed E-state index contributed by atoms with van der Waals surface area (Å²) < 4.78 is 26.8. The summed E-state index contributed by atoms with van der Waals surface area (Å²) >= 11 is 0. The number of sulfonamides is 1. The maximum Gasteiger partial charge on any atom is 0.333 e. The van der Waals surface area contributed by atoms with E-state index in [-0.39, 0.29) is 10.3 Å². The average molecular weight is 371 g/mol. The van der Waals surface area contributed by atoms with Crippen molar-refractivity contribution in [3.05, 3.63) is 60.3 Å². The van der Waals surface area contributed by atoms with Gasteiger partial charge in [0.2, 0.25) is 0 Å². The van der Waals surface area contributed by atoms with Crippen LogP contribution in [0.1, 0.15) is 26.3 Å². The zero-order valence-corrected chi connectivity index (χ0v) is 15.6. The predicted molar refractivity (Wildman–Crippen MR) is 103 cm³/mol. The number of aromatic amines is 1. The highest BCUT2D eigenvalue weighted by Crippen LogP contribution is 2.23. The summed E-state index contributed by atoms with van der Waals surface area (Å²) in [4.78, 5) is 15.2. The summed E-state index contributed by atoms with van der Waals surface area (Å²) in [6.45, 7) is 6.13. The van der Waals surface area contributed by atoms with Gasteiger partial charge in [-0.2, -0.15) is 0 Å². The molecule has 0 atom stereocenters. The van der Waals surface area contributed by atoms with Crippen LogP contribution in [0.15, 0.2) is 59.6 Å². The summed E-state index contributed by atoms with van der Waals surface area (Å²) in [5.74, 6) is 0. The Hall–Kier alpha value is -2.80. The van der Waals surface area contributed by atoms with E-state index < -0.39 is 16.1 Å². The van der Waals surface area contributed by atoms with Crippen LogP contribution in [0, 0.1) is 0 Å². The van der Waals surface area contributed by atoms with Crippen molar-refractivity contribution in [1.29, 1.82) is 0 Å². The van der Waals surface area contributed by atoms with Crippen LogP contribution < -0.4 is 10.0 Å². The van der Waals surface area contributed by atoms with E-state index in [0.717, 1.165) is 16.5 Å². The number of rotatable bonds is 3. The van der Waals surface area contributed by atoms with E-state index in [1.807, 2.05) is 37.6 Å². The first-order valence-electron chi connectivity index (χ1n) is 8.17. The average Bonchev–Trinajstić information content (AvgIpc) is 3.01. The standard InChI is InChI=1S/C19H21N3O3S/c1-19(2,3)14-5-8-16(9-6-14)26(24,25)22-18(23)21-15-7-4-13-10-11-20-17(13)12-15/h4-12,20H,1-3H3,(H2,21,22,23). The molecule has 1 heterocycles. The summed E-state index contributed by atoms with van der Waals surface area (Å²) in [7, 11) is -3.94. The normalized spacial score (nSPS) is 12.1. The number of fused-ring (bicyclic) bond motifs is 1. The van der Waals surface area contributed by atoms with Gasteiger partial charge < -0.3 is 10.3 Å². The van der Waals surface area contributed by atoms with Crippen LogP contribution >= 0.6 is 0 Å². The molecular weight excluding hydrogens is 350 g/mol. The summed E-state index contributed by atoms with van der Waals surface area (Å²) in [6, 6.07) is 12.9. The van der Waals surface area contributed by atoms with Crippen molar-refractivity contribution >= 4 is 32.6 Å². The number of carbonyl (C=O) groups excluding carboxylic acids is 1. The minimum Gasteiger partial charge on any atom is -0.361 e. The van der Waals surface area contributed by atoms with Crippen LogP contribution in [0.2, 0.25) is 0 Å². The van der Waals surface area contributed by atoms with Gasteiger partial charge in [0.1, 0.15) is 0 Å². The van der Waals surface area contributed by atoms with Gasteiger partial charge in [0.15, 0.2) is 0 Å². The topological polar surface area (TPSA) is 91.1 Å². The van der Waals surface area contributed by atoms with Gasteiger partial charge in [0, 0.05) is 17.4 Å². The Kier molecular flexibility index (Phi) is 4.50. The molecule has 0 saturated heterocycles. The third kappa shape index (κ3) is 3.88. The Labute approximate surface area is 152 Å². The third-order valence-electron chi connectivity index (χ3n) is 4.07. The number of urea groups is 1. The number of aromatic nitrogens is 1. The molecule has 0 radical (unpaired) electrons. The fraction of sp³-hybridized carbons (Fsp3) is 0.211. The summed E-state index contributed by atoms with van der Waals surface area (Å²) in [5, 5.41) is 3.54. The summed E-state index contributed by atoms with van der Waals surface area (Å²) in [5.41, 5.74) is 2.28. The van der Waals surface area contributed by atoms with Gasteiger partial charge in [-0.05, 0) is 46.7 Å². The number of H-pyrrole nitrogens is 1. The lowest BCUT2D eigenvalue weighted by atomic mass is 9.87. The first-order valence-corrected chi connectivity index (χ1v) is 9.65. The molecule has 3 aromatic rings. The maximum atomic E-state index is 12.4. The van der Waals surface area contributed by atoms with Crippen LogP contribution in [-0.4, -0.2) is 19.4 Å². The van der Waals surface area contributed by atoms with Gasteiger partial charge in [0.25, 0.3) is 10.0 Å². The van der Waals surface area contributed by atoms with Crippen LogP contribution in [0.5, 0.6) is 0 Å². The van der Waals surface area contributed by atoms with E-state index in [0.29, 0.717) is 5.69 Å². The number of amides is 2. The largest absolute Gasteiger partial charge is 0.361 e. The summed E-state index contributed by atoms with van der Waals surface area (Å²) in [6.07, 6.45) is 1.79. The minimum absolute atomic E-state index is 0.0421. The lowest BCUT2D eigenvalue weighted by molar-refractivity contribution is 0.256. The fourth-order valence-electron chi connectivity index (χ4n) is 2.60. The molecule has 3 N–H and O–H groups in total. The number of anilines is 1. The lowest BCUT2D eigenvalue weighted by Gasteiger charge is -2.19. The molecule has 3 rings (SSSR count). The lowest BCUT2D eigenvalue weighted by Crippen LogP contribution is -2.34. The molecule has 0 aliphatic carbocycles. The fourth-order valence-corrected chi connectivity index (χ4v) is 3.50. The van der Waals surface area contributed by atoms with Gasteiger partial charge in [-0.25, -0.2) is 17.9 Å². The van der Waals surface area contributed by atoms with E-state index in [9.17, 15) is 13.2 Å². The van der Waals surface area contributed by atoms with Crippen LogP contribution in [0.4, 0.5) is 10.5 Å². The molecular formula is C19H21N3O3S. The molecule has 1 aromatic heterocycles. The van der Waals surface area contributed by atoms with E-state index >= 15 is 0 Å². The smallest absolute Gasteiger partial charge is 0.333 e. The monoisotopic (exact) mass is 371 g/mol.